The van der Waals surface area contributed by atoms with Gasteiger partial charge in [-0.2, -0.15) is 5.10 Å². The van der Waals surface area contributed by atoms with E-state index in [0.29, 0.717) is 13.2 Å². The fourth-order valence-electron chi connectivity index (χ4n) is 1.86. The number of rotatable bonds is 5. The molecule has 0 amide bonds. The van der Waals surface area contributed by atoms with Crippen LogP contribution in [0.2, 0.25) is 0 Å². The third-order valence-corrected chi connectivity index (χ3v) is 2.56. The molecule has 0 aliphatic rings. The molecule has 0 spiro atoms. The van der Waals surface area contributed by atoms with Gasteiger partial charge in [0.2, 0.25) is 0 Å². The molecule has 1 aromatic heterocycles. The van der Waals surface area contributed by atoms with Crippen molar-refractivity contribution in [1.82, 2.24) is 9.78 Å². The highest BCUT2D eigenvalue weighted by Gasteiger charge is 2.15. The van der Waals surface area contributed by atoms with E-state index in [-0.39, 0.29) is 0 Å². The van der Waals surface area contributed by atoms with Crippen LogP contribution in [-0.2, 0) is 7.05 Å². The molecule has 0 atom stereocenters. The molecule has 96 valence electrons. The molecule has 0 aliphatic heterocycles. The van der Waals surface area contributed by atoms with Gasteiger partial charge in [0.1, 0.15) is 11.5 Å². The molecule has 0 unspecified atom stereocenters. The summed E-state index contributed by atoms with van der Waals surface area (Å²) in [6.45, 7) is 5.18. The highest BCUT2D eigenvalue weighted by atomic mass is 16.5. The summed E-state index contributed by atoms with van der Waals surface area (Å²) in [4.78, 5) is 0. The second kappa shape index (κ2) is 5.58. The second-order valence-electron chi connectivity index (χ2n) is 3.87. The smallest absolute Gasteiger partial charge is 0.132 e. The SMILES string of the molecule is CCOc1cccc(OCC)c1-c1ccn(C)n1. The molecule has 0 fully saturated rings. The van der Waals surface area contributed by atoms with Crippen LogP contribution in [0.25, 0.3) is 11.3 Å². The first-order chi connectivity index (χ1) is 8.76. The molecule has 0 N–H and O–H groups in total. The number of aromatic nitrogens is 2. The van der Waals surface area contributed by atoms with Gasteiger partial charge >= 0.3 is 0 Å². The summed E-state index contributed by atoms with van der Waals surface area (Å²) >= 11 is 0. The molecule has 2 rings (SSSR count). The number of nitrogens with zero attached hydrogens (tertiary/aromatic N) is 2. The highest BCUT2D eigenvalue weighted by molar-refractivity contribution is 5.74. The Bertz CT molecular complexity index is 496. The molecule has 0 bridgehead atoms. The lowest BCUT2D eigenvalue weighted by molar-refractivity contribution is 0.325. The van der Waals surface area contributed by atoms with Crippen molar-refractivity contribution in [1.29, 1.82) is 0 Å². The van der Waals surface area contributed by atoms with Crippen LogP contribution in [0.4, 0.5) is 0 Å². The lowest BCUT2D eigenvalue weighted by atomic mass is 10.1. The minimum Gasteiger partial charge on any atom is -0.493 e. The first kappa shape index (κ1) is 12.5. The zero-order valence-corrected chi connectivity index (χ0v) is 11.0. The van der Waals surface area contributed by atoms with E-state index in [9.17, 15) is 0 Å². The van der Waals surface area contributed by atoms with E-state index in [1.165, 1.54) is 0 Å². The van der Waals surface area contributed by atoms with Crippen molar-refractivity contribution in [2.45, 2.75) is 13.8 Å². The topological polar surface area (TPSA) is 36.3 Å². The van der Waals surface area contributed by atoms with Crippen molar-refractivity contribution >= 4 is 0 Å². The zero-order valence-electron chi connectivity index (χ0n) is 11.0. The van der Waals surface area contributed by atoms with E-state index in [0.717, 1.165) is 22.8 Å². The van der Waals surface area contributed by atoms with Crippen LogP contribution >= 0.6 is 0 Å². The molecular weight excluding hydrogens is 228 g/mol. The highest BCUT2D eigenvalue weighted by Crippen LogP contribution is 2.37. The molecule has 1 aromatic carbocycles. The zero-order chi connectivity index (χ0) is 13.0. The molecule has 0 saturated carbocycles. The summed E-state index contributed by atoms with van der Waals surface area (Å²) in [5.74, 6) is 1.62. The second-order valence-corrected chi connectivity index (χ2v) is 3.87. The van der Waals surface area contributed by atoms with E-state index < -0.39 is 0 Å². The maximum atomic E-state index is 5.66. The maximum Gasteiger partial charge on any atom is 0.132 e. The third kappa shape index (κ3) is 2.47. The minimum atomic E-state index is 0.620. The van der Waals surface area contributed by atoms with Crippen LogP contribution in [0.5, 0.6) is 11.5 Å². The number of hydrogen-bond acceptors (Lipinski definition) is 3. The van der Waals surface area contributed by atoms with Gasteiger partial charge in [0.25, 0.3) is 0 Å². The predicted octanol–water partition coefficient (Wildman–Crippen LogP) is 2.88. The predicted molar refractivity (Wildman–Crippen MR) is 71.0 cm³/mol. The van der Waals surface area contributed by atoms with Gasteiger partial charge in [-0.15, -0.1) is 0 Å². The average molecular weight is 246 g/mol. The molecular formula is C14H18N2O2. The Morgan fingerprint density at radius 3 is 2.11 bits per heavy atom. The Labute approximate surface area is 107 Å². The molecule has 0 aliphatic carbocycles. The molecule has 0 radical (unpaired) electrons. The van der Waals surface area contributed by atoms with Crippen molar-refractivity contribution in [2.24, 2.45) is 7.05 Å². The van der Waals surface area contributed by atoms with Gasteiger partial charge in [0.05, 0.1) is 24.5 Å². The molecule has 0 saturated heterocycles. The van der Waals surface area contributed by atoms with Crippen molar-refractivity contribution in [3.63, 3.8) is 0 Å². The standard InChI is InChI=1S/C14H18N2O2/c1-4-17-12-7-6-8-13(18-5-2)14(12)11-9-10-16(3)15-11/h6-10H,4-5H2,1-3H3. The fraction of sp³-hybridized carbons (Fsp3) is 0.357. The van der Waals surface area contributed by atoms with Crippen LogP contribution < -0.4 is 9.47 Å². The van der Waals surface area contributed by atoms with Gasteiger partial charge in [-0.1, -0.05) is 6.07 Å². The average Bonchev–Trinajstić information content (AvgIpc) is 2.77. The number of benzene rings is 1. The summed E-state index contributed by atoms with van der Waals surface area (Å²) in [7, 11) is 1.90. The number of aryl methyl sites for hydroxylation is 1. The Kier molecular flexibility index (Phi) is 3.87. The van der Waals surface area contributed by atoms with Crippen molar-refractivity contribution in [3.05, 3.63) is 30.5 Å². The molecule has 18 heavy (non-hydrogen) atoms. The minimum absolute atomic E-state index is 0.620. The number of ether oxygens (including phenoxy) is 2. The van der Waals surface area contributed by atoms with E-state index in [1.54, 1.807) is 4.68 Å². The Balaban J connectivity index is 2.52. The molecule has 4 nitrogen and oxygen atoms in total. The van der Waals surface area contributed by atoms with Crippen LogP contribution in [0.3, 0.4) is 0 Å². The summed E-state index contributed by atoms with van der Waals surface area (Å²) < 4.78 is 13.1. The number of hydrogen-bond donors (Lipinski definition) is 0. The third-order valence-electron chi connectivity index (χ3n) is 2.56. The summed E-state index contributed by atoms with van der Waals surface area (Å²) in [5.41, 5.74) is 1.78. The maximum absolute atomic E-state index is 5.66. The van der Waals surface area contributed by atoms with E-state index in [1.807, 2.05) is 51.4 Å². The van der Waals surface area contributed by atoms with Gasteiger partial charge in [0, 0.05) is 13.2 Å². The van der Waals surface area contributed by atoms with Crippen molar-refractivity contribution < 1.29 is 9.47 Å². The molecule has 2 aromatic rings. The van der Waals surface area contributed by atoms with E-state index in [4.69, 9.17) is 9.47 Å². The fourth-order valence-corrected chi connectivity index (χ4v) is 1.86. The van der Waals surface area contributed by atoms with Gasteiger partial charge < -0.3 is 9.47 Å². The first-order valence-electron chi connectivity index (χ1n) is 6.14. The molecule has 4 heteroatoms. The van der Waals surface area contributed by atoms with Crippen LogP contribution in [0, 0.1) is 0 Å². The first-order valence-corrected chi connectivity index (χ1v) is 6.14. The van der Waals surface area contributed by atoms with Crippen molar-refractivity contribution in [3.8, 4) is 22.8 Å². The monoisotopic (exact) mass is 246 g/mol. The quantitative estimate of drug-likeness (QED) is 0.814. The lowest BCUT2D eigenvalue weighted by Crippen LogP contribution is -1.99. The van der Waals surface area contributed by atoms with Crippen LogP contribution in [0.15, 0.2) is 30.5 Å². The summed E-state index contributed by atoms with van der Waals surface area (Å²) in [6.07, 6.45) is 1.91. The van der Waals surface area contributed by atoms with Gasteiger partial charge in [0.15, 0.2) is 0 Å². The summed E-state index contributed by atoms with van der Waals surface area (Å²) in [6, 6.07) is 7.77. The largest absolute Gasteiger partial charge is 0.493 e. The van der Waals surface area contributed by atoms with Gasteiger partial charge in [-0.25, -0.2) is 0 Å². The van der Waals surface area contributed by atoms with Crippen LogP contribution in [0.1, 0.15) is 13.8 Å². The van der Waals surface area contributed by atoms with Gasteiger partial charge in [-0.3, -0.25) is 4.68 Å². The summed E-state index contributed by atoms with van der Waals surface area (Å²) in [5, 5.41) is 4.42. The normalized spacial score (nSPS) is 10.4. The van der Waals surface area contributed by atoms with Crippen LogP contribution in [-0.4, -0.2) is 23.0 Å². The Hall–Kier alpha value is -1.97. The van der Waals surface area contributed by atoms with E-state index >= 15 is 0 Å². The lowest BCUT2D eigenvalue weighted by Gasteiger charge is -2.13. The Morgan fingerprint density at radius 2 is 1.67 bits per heavy atom. The van der Waals surface area contributed by atoms with E-state index in [2.05, 4.69) is 5.10 Å². The van der Waals surface area contributed by atoms with Gasteiger partial charge in [-0.05, 0) is 32.0 Å². The Morgan fingerprint density at radius 1 is 1.06 bits per heavy atom. The molecule has 1 heterocycles. The van der Waals surface area contributed by atoms with Crippen molar-refractivity contribution in [2.75, 3.05) is 13.2 Å².